The van der Waals surface area contributed by atoms with Crippen LogP contribution in [0.1, 0.15) is 31.1 Å². The highest BCUT2D eigenvalue weighted by Gasteiger charge is 2.20. The zero-order chi connectivity index (χ0) is 19.2. The average molecular weight is 359 g/mol. The number of para-hydroxylation sites is 1. The molecule has 0 aliphatic carbocycles. The predicted octanol–water partition coefficient (Wildman–Crippen LogP) is 2.78. The van der Waals surface area contributed by atoms with Gasteiger partial charge in [-0.3, -0.25) is 19.8 Å². The van der Waals surface area contributed by atoms with Crippen molar-refractivity contribution in [2.45, 2.75) is 0 Å². The molecule has 0 spiro atoms. The molecular weight excluding hydrogens is 342 g/mol. The number of hydrogen-bond acceptors (Lipinski definition) is 3. The lowest BCUT2D eigenvalue weighted by molar-refractivity contribution is 0.0887. The van der Waals surface area contributed by atoms with Gasteiger partial charge in [-0.1, -0.05) is 36.4 Å². The molecule has 0 aliphatic rings. The van der Waals surface area contributed by atoms with Gasteiger partial charge in [0.2, 0.25) is 5.91 Å². The average Bonchev–Trinajstić information content (AvgIpc) is 2.72. The Hall–Kier alpha value is -3.93. The molecule has 0 heterocycles. The van der Waals surface area contributed by atoms with Crippen molar-refractivity contribution in [3.63, 3.8) is 0 Å². The number of nitrogens with zero attached hydrogens (tertiary/aromatic N) is 1. The molecule has 6 nitrogen and oxygen atoms in total. The van der Waals surface area contributed by atoms with Gasteiger partial charge >= 0.3 is 0 Å². The lowest BCUT2D eigenvalue weighted by atomic mass is 10.1. The largest absolute Gasteiger partial charge is 0.366 e. The summed E-state index contributed by atoms with van der Waals surface area (Å²) in [6.07, 6.45) is 0. The predicted molar refractivity (Wildman–Crippen MR) is 102 cm³/mol. The van der Waals surface area contributed by atoms with E-state index in [2.05, 4.69) is 5.43 Å². The number of carbonyl (C=O) groups excluding carboxylic acids is 3. The van der Waals surface area contributed by atoms with Gasteiger partial charge in [-0.2, -0.15) is 0 Å². The van der Waals surface area contributed by atoms with E-state index in [-0.39, 0.29) is 5.91 Å². The fourth-order valence-electron chi connectivity index (χ4n) is 2.47. The molecule has 3 rings (SSSR count). The number of rotatable bonds is 4. The SMILES string of the molecule is NC(=O)c1ccc(C(=O)NN(C(=O)c2ccccc2)c2ccccc2)cc1. The molecule has 0 atom stereocenters. The molecular formula is C21H17N3O3. The van der Waals surface area contributed by atoms with Crippen LogP contribution in [0.2, 0.25) is 0 Å². The number of primary amides is 1. The summed E-state index contributed by atoms with van der Waals surface area (Å²) in [5.74, 6) is -1.44. The first-order valence-corrected chi connectivity index (χ1v) is 8.21. The molecule has 134 valence electrons. The lowest BCUT2D eigenvalue weighted by Crippen LogP contribution is -2.46. The third-order valence-electron chi connectivity index (χ3n) is 3.88. The standard InChI is InChI=1S/C21H17N3O3/c22-19(25)15-11-13-16(14-12-15)20(26)23-24(18-9-5-2-6-10-18)21(27)17-7-3-1-4-8-17/h1-14H,(H2,22,25)(H,23,26). The van der Waals surface area contributed by atoms with E-state index in [1.165, 1.54) is 29.3 Å². The number of nitrogens with one attached hydrogen (secondary N) is 1. The lowest BCUT2D eigenvalue weighted by Gasteiger charge is -2.23. The number of nitrogens with two attached hydrogens (primary N) is 1. The molecule has 6 heteroatoms. The van der Waals surface area contributed by atoms with E-state index in [9.17, 15) is 14.4 Å². The maximum Gasteiger partial charge on any atom is 0.277 e. The van der Waals surface area contributed by atoms with Crippen LogP contribution in [0, 0.1) is 0 Å². The third kappa shape index (κ3) is 4.19. The highest BCUT2D eigenvalue weighted by atomic mass is 16.2. The van der Waals surface area contributed by atoms with Gasteiger partial charge in [-0.05, 0) is 48.5 Å². The first kappa shape index (κ1) is 17.9. The minimum atomic E-state index is -0.577. The molecule has 3 amide bonds. The summed E-state index contributed by atoms with van der Waals surface area (Å²) in [7, 11) is 0. The van der Waals surface area contributed by atoms with Crippen molar-refractivity contribution in [3.05, 3.63) is 102 Å². The molecule has 0 aliphatic heterocycles. The van der Waals surface area contributed by atoms with E-state index < -0.39 is 11.8 Å². The maximum absolute atomic E-state index is 12.9. The van der Waals surface area contributed by atoms with Crippen LogP contribution in [0.3, 0.4) is 0 Å². The molecule has 0 aromatic heterocycles. The number of carbonyl (C=O) groups is 3. The maximum atomic E-state index is 12.9. The summed E-state index contributed by atoms with van der Waals surface area (Å²) < 4.78 is 0. The number of amides is 3. The highest BCUT2D eigenvalue weighted by molar-refractivity contribution is 6.09. The Bertz CT molecular complexity index is 955. The zero-order valence-corrected chi connectivity index (χ0v) is 14.3. The third-order valence-corrected chi connectivity index (χ3v) is 3.88. The number of hydrogen-bond donors (Lipinski definition) is 2. The normalized spacial score (nSPS) is 10.1. The number of anilines is 1. The molecule has 3 aromatic carbocycles. The Kier molecular flexibility index (Phi) is 5.28. The molecule has 0 saturated carbocycles. The molecule has 0 fully saturated rings. The van der Waals surface area contributed by atoms with Crippen molar-refractivity contribution in [2.24, 2.45) is 5.73 Å². The molecule has 0 saturated heterocycles. The number of benzene rings is 3. The van der Waals surface area contributed by atoms with E-state index in [0.717, 1.165) is 0 Å². The summed E-state index contributed by atoms with van der Waals surface area (Å²) in [6.45, 7) is 0. The molecule has 0 radical (unpaired) electrons. The van der Waals surface area contributed by atoms with Crippen molar-refractivity contribution < 1.29 is 14.4 Å². The fourth-order valence-corrected chi connectivity index (χ4v) is 2.47. The van der Waals surface area contributed by atoms with Crippen LogP contribution < -0.4 is 16.2 Å². The Balaban J connectivity index is 1.88. The number of hydrazine groups is 1. The first-order chi connectivity index (χ1) is 13.1. The summed E-state index contributed by atoms with van der Waals surface area (Å²) in [5.41, 5.74) is 9.38. The summed E-state index contributed by atoms with van der Waals surface area (Å²) in [6, 6.07) is 23.3. The van der Waals surface area contributed by atoms with Crippen LogP contribution >= 0.6 is 0 Å². The zero-order valence-electron chi connectivity index (χ0n) is 14.3. The van der Waals surface area contributed by atoms with Crippen LogP contribution in [0.15, 0.2) is 84.9 Å². The Morgan fingerprint density at radius 3 is 1.74 bits per heavy atom. The van der Waals surface area contributed by atoms with Crippen molar-refractivity contribution in [1.29, 1.82) is 0 Å². The van der Waals surface area contributed by atoms with Gasteiger partial charge in [0.1, 0.15) is 0 Å². The van der Waals surface area contributed by atoms with E-state index in [1.54, 1.807) is 48.5 Å². The van der Waals surface area contributed by atoms with Crippen molar-refractivity contribution >= 4 is 23.4 Å². The van der Waals surface area contributed by atoms with Gasteiger partial charge in [0.25, 0.3) is 11.8 Å². The van der Waals surface area contributed by atoms with Gasteiger partial charge in [-0.25, -0.2) is 5.01 Å². The van der Waals surface area contributed by atoms with Gasteiger partial charge in [-0.15, -0.1) is 0 Å². The van der Waals surface area contributed by atoms with Crippen molar-refractivity contribution in [2.75, 3.05) is 5.01 Å². The molecule has 0 unspecified atom stereocenters. The van der Waals surface area contributed by atoms with Crippen molar-refractivity contribution in [1.82, 2.24) is 5.43 Å². The van der Waals surface area contributed by atoms with Gasteiger partial charge in [0.05, 0.1) is 5.69 Å². The fraction of sp³-hybridized carbons (Fsp3) is 0. The monoisotopic (exact) mass is 359 g/mol. The second-order valence-corrected chi connectivity index (χ2v) is 5.72. The van der Waals surface area contributed by atoms with E-state index >= 15 is 0 Å². The minimum absolute atomic E-state index is 0.293. The van der Waals surface area contributed by atoms with Crippen LogP contribution in [0.25, 0.3) is 0 Å². The molecule has 27 heavy (non-hydrogen) atoms. The van der Waals surface area contributed by atoms with Gasteiger partial charge in [0, 0.05) is 16.7 Å². The van der Waals surface area contributed by atoms with Crippen LogP contribution in [-0.4, -0.2) is 17.7 Å². The summed E-state index contributed by atoms with van der Waals surface area (Å²) in [5, 5.41) is 1.19. The quantitative estimate of drug-likeness (QED) is 0.702. The molecule has 0 bridgehead atoms. The topological polar surface area (TPSA) is 92.5 Å². The van der Waals surface area contributed by atoms with Gasteiger partial charge < -0.3 is 5.73 Å². The summed E-state index contributed by atoms with van der Waals surface area (Å²) >= 11 is 0. The smallest absolute Gasteiger partial charge is 0.277 e. The second kappa shape index (κ2) is 7.97. The molecule has 3 aromatic rings. The van der Waals surface area contributed by atoms with E-state index in [1.807, 2.05) is 12.1 Å². The molecule has 3 N–H and O–H groups in total. The van der Waals surface area contributed by atoms with Crippen LogP contribution in [0.5, 0.6) is 0 Å². The summed E-state index contributed by atoms with van der Waals surface area (Å²) in [4.78, 5) is 36.7. The second-order valence-electron chi connectivity index (χ2n) is 5.72. The Morgan fingerprint density at radius 2 is 1.19 bits per heavy atom. The first-order valence-electron chi connectivity index (χ1n) is 8.21. The van der Waals surface area contributed by atoms with Crippen molar-refractivity contribution in [3.8, 4) is 0 Å². The minimum Gasteiger partial charge on any atom is -0.366 e. The Labute approximate surface area is 156 Å². The Morgan fingerprint density at radius 1 is 0.667 bits per heavy atom. The van der Waals surface area contributed by atoms with Gasteiger partial charge in [0.15, 0.2) is 0 Å². The van der Waals surface area contributed by atoms with Crippen LogP contribution in [-0.2, 0) is 0 Å². The van der Waals surface area contributed by atoms with E-state index in [0.29, 0.717) is 22.4 Å². The van der Waals surface area contributed by atoms with Crippen LogP contribution in [0.4, 0.5) is 5.69 Å². The highest BCUT2D eigenvalue weighted by Crippen LogP contribution is 2.15. The van der Waals surface area contributed by atoms with E-state index in [4.69, 9.17) is 5.73 Å².